The SMILES string of the molecule is COC(=O)CC(C)SCc1cn2ccccc2n1. The molecule has 18 heavy (non-hydrogen) atoms. The summed E-state index contributed by atoms with van der Waals surface area (Å²) in [5, 5.41) is 0.238. The predicted molar refractivity (Wildman–Crippen MR) is 72.6 cm³/mol. The number of imidazole rings is 1. The highest BCUT2D eigenvalue weighted by molar-refractivity contribution is 7.99. The van der Waals surface area contributed by atoms with Gasteiger partial charge in [0.2, 0.25) is 0 Å². The Morgan fingerprint density at radius 1 is 1.56 bits per heavy atom. The molecule has 96 valence electrons. The summed E-state index contributed by atoms with van der Waals surface area (Å²) < 4.78 is 6.65. The third-order valence-corrected chi connectivity index (χ3v) is 3.81. The molecule has 0 aliphatic rings. The van der Waals surface area contributed by atoms with Crippen molar-refractivity contribution >= 4 is 23.4 Å². The van der Waals surface area contributed by atoms with Crippen molar-refractivity contribution in [2.75, 3.05) is 7.11 Å². The number of fused-ring (bicyclic) bond motifs is 1. The summed E-state index contributed by atoms with van der Waals surface area (Å²) in [6.45, 7) is 2.03. The molecule has 0 aromatic carbocycles. The van der Waals surface area contributed by atoms with E-state index < -0.39 is 0 Å². The highest BCUT2D eigenvalue weighted by atomic mass is 32.2. The van der Waals surface area contributed by atoms with Crippen molar-refractivity contribution in [3.05, 3.63) is 36.3 Å². The standard InChI is InChI=1S/C13H16N2O2S/c1-10(7-13(16)17-2)18-9-11-8-15-6-4-3-5-12(15)14-11/h3-6,8,10H,7,9H2,1-2H3. The van der Waals surface area contributed by atoms with Crippen LogP contribution in [0.4, 0.5) is 0 Å². The Labute approximate surface area is 110 Å². The van der Waals surface area contributed by atoms with Crippen LogP contribution < -0.4 is 0 Å². The van der Waals surface area contributed by atoms with Crippen LogP contribution in [0.1, 0.15) is 19.0 Å². The van der Waals surface area contributed by atoms with Gasteiger partial charge in [-0.1, -0.05) is 13.0 Å². The van der Waals surface area contributed by atoms with Gasteiger partial charge in [-0.2, -0.15) is 11.8 Å². The Balaban J connectivity index is 1.91. The highest BCUT2D eigenvalue weighted by Crippen LogP contribution is 2.20. The molecule has 1 atom stereocenters. The van der Waals surface area contributed by atoms with Gasteiger partial charge in [-0.15, -0.1) is 0 Å². The lowest BCUT2D eigenvalue weighted by Gasteiger charge is -2.07. The molecule has 0 saturated heterocycles. The molecule has 0 spiro atoms. The number of pyridine rings is 1. The molecule has 0 saturated carbocycles. The zero-order valence-corrected chi connectivity index (χ0v) is 11.3. The lowest BCUT2D eigenvalue weighted by Crippen LogP contribution is -2.08. The minimum atomic E-state index is -0.162. The second-order valence-corrected chi connectivity index (χ2v) is 5.53. The molecular weight excluding hydrogens is 248 g/mol. The Bertz CT molecular complexity index is 506. The second kappa shape index (κ2) is 5.91. The van der Waals surface area contributed by atoms with Gasteiger partial charge >= 0.3 is 5.97 Å². The molecule has 0 N–H and O–H groups in total. The largest absolute Gasteiger partial charge is 0.469 e. The van der Waals surface area contributed by atoms with Gasteiger partial charge in [0.1, 0.15) is 5.65 Å². The maximum absolute atomic E-state index is 11.1. The maximum Gasteiger partial charge on any atom is 0.306 e. The first-order valence-corrected chi connectivity index (χ1v) is 6.85. The molecule has 2 aromatic rings. The molecule has 2 aromatic heterocycles. The lowest BCUT2D eigenvalue weighted by atomic mass is 10.3. The topological polar surface area (TPSA) is 43.6 Å². The second-order valence-electron chi connectivity index (χ2n) is 4.10. The van der Waals surface area contributed by atoms with Crippen LogP contribution in [0.25, 0.3) is 5.65 Å². The molecule has 4 nitrogen and oxygen atoms in total. The van der Waals surface area contributed by atoms with E-state index in [2.05, 4.69) is 9.72 Å². The molecule has 2 rings (SSSR count). The Morgan fingerprint density at radius 2 is 2.39 bits per heavy atom. The van der Waals surface area contributed by atoms with Crippen molar-refractivity contribution < 1.29 is 9.53 Å². The third kappa shape index (κ3) is 3.26. The van der Waals surface area contributed by atoms with E-state index in [0.717, 1.165) is 17.1 Å². The van der Waals surface area contributed by atoms with E-state index in [-0.39, 0.29) is 11.2 Å². The molecule has 1 unspecified atom stereocenters. The van der Waals surface area contributed by atoms with Gasteiger partial charge in [0.15, 0.2) is 0 Å². The first-order chi connectivity index (χ1) is 8.69. The van der Waals surface area contributed by atoms with Gasteiger partial charge < -0.3 is 9.14 Å². The number of methoxy groups -OCH3 is 1. The molecule has 0 aliphatic heterocycles. The molecular formula is C13H16N2O2S. The molecule has 0 bridgehead atoms. The van der Waals surface area contributed by atoms with E-state index in [1.54, 1.807) is 11.8 Å². The van der Waals surface area contributed by atoms with Gasteiger partial charge in [0.25, 0.3) is 0 Å². The summed E-state index contributed by atoms with van der Waals surface area (Å²) in [5.74, 6) is 0.643. The molecule has 2 heterocycles. The number of carbonyl (C=O) groups excluding carboxylic acids is 1. The van der Waals surface area contributed by atoms with Gasteiger partial charge in [0.05, 0.1) is 19.2 Å². The summed E-state index contributed by atoms with van der Waals surface area (Å²) >= 11 is 1.71. The molecule has 0 amide bonds. The molecule has 0 radical (unpaired) electrons. The van der Waals surface area contributed by atoms with E-state index in [4.69, 9.17) is 0 Å². The number of nitrogens with zero attached hydrogens (tertiary/aromatic N) is 2. The fourth-order valence-corrected chi connectivity index (χ4v) is 2.51. The van der Waals surface area contributed by atoms with Gasteiger partial charge in [-0.3, -0.25) is 4.79 Å². The van der Waals surface area contributed by atoms with E-state index in [1.807, 2.05) is 41.9 Å². The van der Waals surface area contributed by atoms with Gasteiger partial charge in [0, 0.05) is 23.4 Å². The zero-order valence-electron chi connectivity index (χ0n) is 10.5. The minimum absolute atomic E-state index is 0.162. The van der Waals surface area contributed by atoms with Crippen LogP contribution in [-0.4, -0.2) is 27.7 Å². The van der Waals surface area contributed by atoms with Crippen molar-refractivity contribution in [1.82, 2.24) is 9.38 Å². The van der Waals surface area contributed by atoms with Gasteiger partial charge in [-0.25, -0.2) is 4.98 Å². The number of hydrogen-bond donors (Lipinski definition) is 0. The average Bonchev–Trinajstić information content (AvgIpc) is 2.79. The third-order valence-electron chi connectivity index (χ3n) is 2.61. The van der Waals surface area contributed by atoms with Crippen molar-refractivity contribution in [1.29, 1.82) is 0 Å². The van der Waals surface area contributed by atoms with Crippen LogP contribution in [0.15, 0.2) is 30.6 Å². The van der Waals surface area contributed by atoms with Crippen LogP contribution in [0.3, 0.4) is 0 Å². The van der Waals surface area contributed by atoms with Crippen LogP contribution in [0.2, 0.25) is 0 Å². The van der Waals surface area contributed by atoms with Crippen molar-refractivity contribution in [2.45, 2.75) is 24.3 Å². The number of esters is 1. The highest BCUT2D eigenvalue weighted by Gasteiger charge is 2.10. The number of carbonyl (C=O) groups is 1. The van der Waals surface area contributed by atoms with Gasteiger partial charge in [-0.05, 0) is 12.1 Å². The minimum Gasteiger partial charge on any atom is -0.469 e. The Morgan fingerprint density at radius 3 is 3.11 bits per heavy atom. The first-order valence-electron chi connectivity index (χ1n) is 5.80. The maximum atomic E-state index is 11.1. The summed E-state index contributed by atoms with van der Waals surface area (Å²) in [6.07, 6.45) is 4.44. The fourth-order valence-electron chi connectivity index (χ4n) is 1.66. The lowest BCUT2D eigenvalue weighted by molar-refractivity contribution is -0.140. The molecule has 0 fully saturated rings. The van der Waals surface area contributed by atoms with E-state index in [0.29, 0.717) is 6.42 Å². The summed E-state index contributed by atoms with van der Waals surface area (Å²) in [4.78, 5) is 15.6. The Kier molecular flexibility index (Phi) is 4.25. The van der Waals surface area contributed by atoms with Crippen molar-refractivity contribution in [3.63, 3.8) is 0 Å². The monoisotopic (exact) mass is 264 g/mol. The number of hydrogen-bond acceptors (Lipinski definition) is 4. The number of ether oxygens (including phenoxy) is 1. The van der Waals surface area contributed by atoms with E-state index in [1.165, 1.54) is 7.11 Å². The normalized spacial score (nSPS) is 12.6. The van der Waals surface area contributed by atoms with Crippen LogP contribution in [0, 0.1) is 0 Å². The zero-order chi connectivity index (χ0) is 13.0. The Hall–Kier alpha value is -1.49. The summed E-state index contributed by atoms with van der Waals surface area (Å²) in [7, 11) is 1.42. The van der Waals surface area contributed by atoms with E-state index in [9.17, 15) is 4.79 Å². The predicted octanol–water partition coefficient (Wildman–Crippen LogP) is 2.52. The van der Waals surface area contributed by atoms with Crippen molar-refractivity contribution in [3.8, 4) is 0 Å². The fraction of sp³-hybridized carbons (Fsp3) is 0.385. The van der Waals surface area contributed by atoms with Crippen LogP contribution >= 0.6 is 11.8 Å². The summed E-state index contributed by atoms with van der Waals surface area (Å²) in [6, 6.07) is 5.93. The summed E-state index contributed by atoms with van der Waals surface area (Å²) in [5.41, 5.74) is 1.98. The quantitative estimate of drug-likeness (QED) is 0.778. The van der Waals surface area contributed by atoms with Crippen molar-refractivity contribution in [2.24, 2.45) is 0 Å². The number of aromatic nitrogens is 2. The number of rotatable bonds is 5. The van der Waals surface area contributed by atoms with Crippen LogP contribution in [-0.2, 0) is 15.3 Å². The van der Waals surface area contributed by atoms with Crippen LogP contribution in [0.5, 0.6) is 0 Å². The molecule has 5 heteroatoms. The number of thioether (sulfide) groups is 1. The average molecular weight is 264 g/mol. The smallest absolute Gasteiger partial charge is 0.306 e. The molecule has 0 aliphatic carbocycles. The first kappa shape index (κ1) is 13.0. The van der Waals surface area contributed by atoms with E-state index >= 15 is 0 Å².